The minimum absolute atomic E-state index is 0.0504. The fourth-order valence-corrected chi connectivity index (χ4v) is 4.58. The lowest BCUT2D eigenvalue weighted by Crippen LogP contribution is -2.60. The van der Waals surface area contributed by atoms with Gasteiger partial charge in [0.1, 0.15) is 36.2 Å². The van der Waals surface area contributed by atoms with Gasteiger partial charge in [-0.25, -0.2) is 14.4 Å². The quantitative estimate of drug-likeness (QED) is 0.161. The Labute approximate surface area is 219 Å². The van der Waals surface area contributed by atoms with Crippen LogP contribution < -0.4 is 10.1 Å². The van der Waals surface area contributed by atoms with E-state index in [1.165, 1.54) is 35.1 Å². The summed E-state index contributed by atoms with van der Waals surface area (Å²) in [5, 5.41) is 80.9. The molecule has 1 fully saturated rings. The Hall–Kier alpha value is -4.02. The van der Waals surface area contributed by atoms with Gasteiger partial charge >= 0.3 is 17.9 Å². The van der Waals surface area contributed by atoms with Gasteiger partial charge in [-0.05, 0) is 17.7 Å². The Bertz CT molecular complexity index is 1270. The third kappa shape index (κ3) is 5.57. The number of aliphatic carboxylic acids is 3. The van der Waals surface area contributed by atoms with Crippen molar-refractivity contribution in [2.24, 2.45) is 0 Å². The fraction of sp³-hybridized carbons (Fsp3) is 0.417. The van der Waals surface area contributed by atoms with Crippen molar-refractivity contribution in [1.82, 2.24) is 5.32 Å². The van der Waals surface area contributed by atoms with E-state index in [9.17, 15) is 55.2 Å². The van der Waals surface area contributed by atoms with Gasteiger partial charge in [-0.1, -0.05) is 0 Å². The summed E-state index contributed by atoms with van der Waals surface area (Å²) in [4.78, 5) is 34.8. The normalized spacial score (nSPS) is 32.3. The van der Waals surface area contributed by atoms with E-state index in [4.69, 9.17) is 9.47 Å². The van der Waals surface area contributed by atoms with Crippen molar-refractivity contribution in [3.05, 3.63) is 41.1 Å². The Morgan fingerprint density at radius 3 is 2.38 bits per heavy atom. The summed E-state index contributed by atoms with van der Waals surface area (Å²) in [5.41, 5.74) is 0.648. The number of hydrogen-bond donors (Lipinski definition) is 9. The molecule has 0 aliphatic carbocycles. The van der Waals surface area contributed by atoms with Crippen LogP contribution in [0.15, 0.2) is 35.6 Å². The SMILES string of the molecule is O=C(O)C1=C/C(=C/C=[N+]2c3cc(O)c(O[C@@H]4O[C@H](CO)[C@@H](O)[C@H](O)[C@H]4O)cc3C[C@@H]2C(=O)O)C[C@H](C(=O)O)N1. The lowest BCUT2D eigenvalue weighted by Gasteiger charge is -2.39. The summed E-state index contributed by atoms with van der Waals surface area (Å²) in [6, 6.07) is 0.177. The van der Waals surface area contributed by atoms with E-state index in [-0.39, 0.29) is 30.0 Å². The second kappa shape index (κ2) is 11.0. The van der Waals surface area contributed by atoms with Gasteiger partial charge in [0.05, 0.1) is 19.1 Å². The maximum Gasteiger partial charge on any atom is 0.373 e. The molecule has 0 amide bonds. The van der Waals surface area contributed by atoms with E-state index in [1.54, 1.807) is 0 Å². The predicted octanol–water partition coefficient (Wildman–Crippen LogP) is -2.36. The summed E-state index contributed by atoms with van der Waals surface area (Å²) in [6.07, 6.45) is -4.03. The topological polar surface area (TPSA) is 247 Å². The van der Waals surface area contributed by atoms with E-state index < -0.39 is 73.1 Å². The van der Waals surface area contributed by atoms with Crippen LogP contribution in [0.1, 0.15) is 12.0 Å². The summed E-state index contributed by atoms with van der Waals surface area (Å²) < 4.78 is 12.1. The molecule has 0 unspecified atom stereocenters. The molecule has 3 heterocycles. The lowest BCUT2D eigenvalue weighted by atomic mass is 9.99. The van der Waals surface area contributed by atoms with E-state index in [1.807, 2.05) is 0 Å². The number of ether oxygens (including phenoxy) is 2. The first-order valence-electron chi connectivity index (χ1n) is 11.7. The standard InChI is InChI=1S/C24H26N2O13/c27-8-17-18(29)19(30)20(31)24(39-17)38-16-6-10-5-14(23(36)37)26(13(10)7-15(16)28)2-1-9-3-11(21(32)33)25-12(4-9)22(34)35/h1-3,6-7,12,14,17-20,24,27,29-31H,4-5,8H2,(H4,28,32,33,34,35,36,37)/p+1/t12-,14-,17-,18-,19+,20-,24-/m1/s1. The number of benzene rings is 1. The molecule has 210 valence electrons. The maximum atomic E-state index is 12.0. The molecule has 0 radical (unpaired) electrons. The first-order chi connectivity index (χ1) is 18.4. The number of carboxylic acid groups (broad SMARTS) is 3. The number of aromatic hydroxyl groups is 1. The van der Waals surface area contributed by atoms with E-state index in [0.717, 1.165) is 0 Å². The number of aliphatic hydroxyl groups excluding tert-OH is 4. The van der Waals surface area contributed by atoms with Crippen LogP contribution in [0, 0.1) is 0 Å². The van der Waals surface area contributed by atoms with Crippen molar-refractivity contribution in [1.29, 1.82) is 0 Å². The first kappa shape index (κ1) is 28.0. The van der Waals surface area contributed by atoms with Crippen molar-refractivity contribution in [2.45, 2.75) is 55.6 Å². The summed E-state index contributed by atoms with van der Waals surface area (Å²) in [7, 11) is 0. The number of phenolic OH excluding ortho intramolecular Hbond substituents is 1. The van der Waals surface area contributed by atoms with Crippen molar-refractivity contribution >= 4 is 29.8 Å². The van der Waals surface area contributed by atoms with Crippen LogP contribution in [-0.4, -0.2) is 119 Å². The number of carbonyl (C=O) groups is 3. The van der Waals surface area contributed by atoms with E-state index in [2.05, 4.69) is 5.32 Å². The number of carboxylic acids is 3. The molecule has 9 N–H and O–H groups in total. The predicted molar refractivity (Wildman–Crippen MR) is 127 cm³/mol. The van der Waals surface area contributed by atoms with Crippen molar-refractivity contribution in [3.63, 3.8) is 0 Å². The first-order valence-corrected chi connectivity index (χ1v) is 11.7. The number of aliphatic hydroxyl groups is 4. The average molecular weight is 551 g/mol. The maximum absolute atomic E-state index is 12.0. The molecule has 1 aromatic rings. The number of hydrogen-bond acceptors (Lipinski definition) is 11. The zero-order valence-electron chi connectivity index (χ0n) is 20.1. The minimum Gasteiger partial charge on any atom is -0.504 e. The highest BCUT2D eigenvalue weighted by Gasteiger charge is 2.46. The third-order valence-electron chi connectivity index (χ3n) is 6.64. The summed E-state index contributed by atoms with van der Waals surface area (Å²) in [5.74, 6) is -4.55. The zero-order valence-corrected chi connectivity index (χ0v) is 20.1. The van der Waals surface area contributed by atoms with Gasteiger partial charge in [-0.3, -0.25) is 0 Å². The highest BCUT2D eigenvalue weighted by molar-refractivity contribution is 5.89. The van der Waals surface area contributed by atoms with Crippen LogP contribution in [0.25, 0.3) is 0 Å². The largest absolute Gasteiger partial charge is 0.504 e. The van der Waals surface area contributed by atoms with Gasteiger partial charge in [-0.2, -0.15) is 4.58 Å². The lowest BCUT2D eigenvalue weighted by molar-refractivity contribution is -0.456. The number of fused-ring (bicyclic) bond motifs is 1. The van der Waals surface area contributed by atoms with E-state index in [0.29, 0.717) is 11.1 Å². The molecule has 4 rings (SSSR count). The molecule has 39 heavy (non-hydrogen) atoms. The molecule has 3 aliphatic heterocycles. The molecular weight excluding hydrogens is 524 g/mol. The highest BCUT2D eigenvalue weighted by Crippen LogP contribution is 2.40. The van der Waals surface area contributed by atoms with Gasteiger partial charge in [0.2, 0.25) is 12.0 Å². The van der Waals surface area contributed by atoms with Gasteiger partial charge in [0.25, 0.3) is 6.04 Å². The van der Waals surface area contributed by atoms with Crippen molar-refractivity contribution in [3.8, 4) is 11.5 Å². The monoisotopic (exact) mass is 551 g/mol. The Kier molecular flexibility index (Phi) is 7.89. The van der Waals surface area contributed by atoms with Gasteiger partial charge in [0.15, 0.2) is 17.7 Å². The van der Waals surface area contributed by atoms with Crippen LogP contribution in [0.4, 0.5) is 5.69 Å². The molecule has 0 spiro atoms. The van der Waals surface area contributed by atoms with Crippen LogP contribution in [0.5, 0.6) is 11.5 Å². The average Bonchev–Trinajstić information content (AvgIpc) is 3.24. The molecule has 7 atom stereocenters. The molecule has 1 aromatic carbocycles. The molecule has 15 heteroatoms. The zero-order chi connectivity index (χ0) is 28.6. The summed E-state index contributed by atoms with van der Waals surface area (Å²) >= 11 is 0. The highest BCUT2D eigenvalue weighted by atomic mass is 16.7. The fourth-order valence-electron chi connectivity index (χ4n) is 4.58. The number of nitrogens with zero attached hydrogens (tertiary/aromatic N) is 1. The van der Waals surface area contributed by atoms with Gasteiger partial charge in [-0.15, -0.1) is 0 Å². The van der Waals surface area contributed by atoms with Crippen LogP contribution in [0.3, 0.4) is 0 Å². The van der Waals surface area contributed by atoms with Gasteiger partial charge in [0, 0.05) is 18.1 Å². The molecule has 1 saturated heterocycles. The smallest absolute Gasteiger partial charge is 0.373 e. The number of phenols is 1. The Balaban J connectivity index is 1.66. The molecule has 3 aliphatic rings. The van der Waals surface area contributed by atoms with Gasteiger partial charge < -0.3 is 55.6 Å². The number of nitrogens with one attached hydrogen (secondary N) is 1. The second-order valence-electron chi connectivity index (χ2n) is 9.22. The molecule has 0 saturated carbocycles. The van der Waals surface area contributed by atoms with Crippen molar-refractivity contribution in [2.75, 3.05) is 6.61 Å². The van der Waals surface area contributed by atoms with Crippen LogP contribution in [0.2, 0.25) is 0 Å². The van der Waals surface area contributed by atoms with Crippen LogP contribution in [-0.2, 0) is 25.5 Å². The van der Waals surface area contributed by atoms with E-state index >= 15 is 0 Å². The second-order valence-corrected chi connectivity index (χ2v) is 9.22. The summed E-state index contributed by atoms with van der Waals surface area (Å²) in [6.45, 7) is -0.687. The van der Waals surface area contributed by atoms with Crippen molar-refractivity contribution < 1.29 is 69.3 Å². The minimum atomic E-state index is -1.73. The molecular formula is C24H27N2O13+. The number of rotatable bonds is 7. The number of allylic oxidation sites excluding steroid dienone is 2. The van der Waals surface area contributed by atoms with Crippen LogP contribution >= 0.6 is 0 Å². The molecule has 0 aromatic heterocycles. The third-order valence-corrected chi connectivity index (χ3v) is 6.64. The Morgan fingerprint density at radius 2 is 1.77 bits per heavy atom. The Morgan fingerprint density at radius 1 is 1.05 bits per heavy atom. The molecule has 15 nitrogen and oxygen atoms in total. The molecule has 0 bridgehead atoms.